The van der Waals surface area contributed by atoms with Crippen LogP contribution < -0.4 is 10.6 Å². The molecular weight excluding hydrogens is 351 g/mol. The molecule has 0 fully saturated rings. The molecule has 1 heterocycles. The molecule has 0 aliphatic heterocycles. The lowest BCUT2D eigenvalue weighted by Crippen LogP contribution is -2.32. The highest BCUT2D eigenvalue weighted by Gasteiger charge is 2.04. The highest BCUT2D eigenvalue weighted by molar-refractivity contribution is 7.80. The van der Waals surface area contributed by atoms with Crippen molar-refractivity contribution < 1.29 is 13.6 Å². The number of hydrogen-bond acceptors (Lipinski definition) is 3. The van der Waals surface area contributed by atoms with E-state index >= 15 is 0 Å². The first-order valence-electron chi connectivity index (χ1n) is 7.81. The molecule has 6 heteroatoms. The Kier molecular flexibility index (Phi) is 5.56. The number of anilines is 1. The fourth-order valence-corrected chi connectivity index (χ4v) is 2.43. The van der Waals surface area contributed by atoms with Crippen molar-refractivity contribution in [1.82, 2.24) is 5.32 Å². The van der Waals surface area contributed by atoms with Crippen LogP contribution in [-0.2, 0) is 4.79 Å². The van der Waals surface area contributed by atoms with Crippen molar-refractivity contribution in [3.8, 4) is 11.3 Å². The maximum atomic E-state index is 12.9. The summed E-state index contributed by atoms with van der Waals surface area (Å²) in [5.74, 6) is 0.527. The number of carbonyl (C=O) groups is 1. The van der Waals surface area contributed by atoms with Crippen LogP contribution in [0.4, 0.5) is 10.1 Å². The van der Waals surface area contributed by atoms with Crippen molar-refractivity contribution in [2.45, 2.75) is 0 Å². The van der Waals surface area contributed by atoms with Crippen LogP contribution in [0.5, 0.6) is 0 Å². The Morgan fingerprint density at radius 2 is 1.73 bits per heavy atom. The number of furan rings is 1. The molecule has 130 valence electrons. The molecule has 4 nitrogen and oxygen atoms in total. The molecule has 0 spiro atoms. The summed E-state index contributed by atoms with van der Waals surface area (Å²) in [7, 11) is 0. The van der Waals surface area contributed by atoms with Crippen molar-refractivity contribution in [3.05, 3.63) is 84.4 Å². The summed E-state index contributed by atoms with van der Waals surface area (Å²) in [5.41, 5.74) is 1.54. The molecule has 2 N–H and O–H groups in total. The van der Waals surface area contributed by atoms with Crippen LogP contribution in [0.3, 0.4) is 0 Å². The van der Waals surface area contributed by atoms with Gasteiger partial charge in [0.05, 0.1) is 0 Å². The molecule has 26 heavy (non-hydrogen) atoms. The van der Waals surface area contributed by atoms with Gasteiger partial charge in [0.25, 0.3) is 0 Å². The van der Waals surface area contributed by atoms with E-state index < -0.39 is 5.91 Å². The van der Waals surface area contributed by atoms with Crippen LogP contribution in [0.25, 0.3) is 17.4 Å². The lowest BCUT2D eigenvalue weighted by atomic mass is 10.2. The largest absolute Gasteiger partial charge is 0.457 e. The number of nitrogens with one attached hydrogen (secondary N) is 2. The zero-order chi connectivity index (χ0) is 18.4. The smallest absolute Gasteiger partial charge is 0.250 e. The van der Waals surface area contributed by atoms with E-state index in [0.717, 1.165) is 11.3 Å². The van der Waals surface area contributed by atoms with Crippen molar-refractivity contribution in [3.63, 3.8) is 0 Å². The zero-order valence-corrected chi connectivity index (χ0v) is 14.4. The Hall–Kier alpha value is -3.25. The van der Waals surface area contributed by atoms with Gasteiger partial charge in [-0.05, 0) is 54.7 Å². The van der Waals surface area contributed by atoms with Crippen LogP contribution in [0.2, 0.25) is 0 Å². The number of hydrogen-bond donors (Lipinski definition) is 2. The Labute approximate surface area is 155 Å². The average molecular weight is 366 g/mol. The Balaban J connectivity index is 1.55. The number of rotatable bonds is 4. The summed E-state index contributed by atoms with van der Waals surface area (Å²) in [6.07, 6.45) is 2.88. The highest BCUT2D eigenvalue weighted by atomic mass is 32.1. The second-order valence-corrected chi connectivity index (χ2v) is 5.76. The van der Waals surface area contributed by atoms with Crippen LogP contribution in [-0.4, -0.2) is 11.0 Å². The first-order chi connectivity index (χ1) is 12.6. The summed E-state index contributed by atoms with van der Waals surface area (Å²) >= 11 is 5.05. The van der Waals surface area contributed by atoms with Gasteiger partial charge in [-0.1, -0.05) is 30.3 Å². The lowest BCUT2D eigenvalue weighted by Gasteiger charge is -2.07. The van der Waals surface area contributed by atoms with E-state index in [1.165, 1.54) is 30.3 Å². The van der Waals surface area contributed by atoms with Crippen molar-refractivity contribution in [1.29, 1.82) is 0 Å². The third-order valence-electron chi connectivity index (χ3n) is 3.42. The molecule has 0 aliphatic rings. The van der Waals surface area contributed by atoms with E-state index in [9.17, 15) is 9.18 Å². The molecule has 3 aromatic rings. The van der Waals surface area contributed by atoms with Gasteiger partial charge in [-0.2, -0.15) is 0 Å². The molecule has 0 atom stereocenters. The van der Waals surface area contributed by atoms with Crippen molar-refractivity contribution in [2.75, 3.05) is 5.32 Å². The summed E-state index contributed by atoms with van der Waals surface area (Å²) in [6, 6.07) is 18.9. The second-order valence-electron chi connectivity index (χ2n) is 5.35. The normalized spacial score (nSPS) is 10.7. The number of carbonyl (C=O) groups excluding carboxylic acids is 1. The van der Waals surface area contributed by atoms with Gasteiger partial charge >= 0.3 is 0 Å². The fraction of sp³-hybridized carbons (Fsp3) is 0. The molecular formula is C20H15FN2O2S. The number of thiocarbonyl (C=S) groups is 1. The van der Waals surface area contributed by atoms with Gasteiger partial charge in [0.2, 0.25) is 5.91 Å². The van der Waals surface area contributed by atoms with E-state index in [1.807, 2.05) is 36.4 Å². The van der Waals surface area contributed by atoms with Gasteiger partial charge in [-0.15, -0.1) is 0 Å². The third-order valence-corrected chi connectivity index (χ3v) is 3.63. The molecule has 1 amide bonds. The Morgan fingerprint density at radius 3 is 2.46 bits per heavy atom. The van der Waals surface area contributed by atoms with E-state index in [2.05, 4.69) is 10.6 Å². The number of halogens is 1. The van der Waals surface area contributed by atoms with Crippen LogP contribution in [0.1, 0.15) is 5.76 Å². The minimum absolute atomic E-state index is 0.121. The van der Waals surface area contributed by atoms with Gasteiger partial charge in [-0.3, -0.25) is 10.1 Å². The molecule has 0 saturated carbocycles. The third kappa shape index (κ3) is 4.87. The summed E-state index contributed by atoms with van der Waals surface area (Å²) in [4.78, 5) is 11.9. The van der Waals surface area contributed by atoms with Gasteiger partial charge in [-0.25, -0.2) is 4.39 Å². The highest BCUT2D eigenvalue weighted by Crippen LogP contribution is 2.22. The standard InChI is InChI=1S/C20H15FN2O2S/c21-15-6-8-16(9-7-15)22-20(26)23-19(24)13-11-17-10-12-18(25-17)14-4-2-1-3-5-14/h1-13H,(H2,22,23,24,26)/b13-11+. The quantitative estimate of drug-likeness (QED) is 0.523. The summed E-state index contributed by atoms with van der Waals surface area (Å²) in [6.45, 7) is 0. The predicted octanol–water partition coefficient (Wildman–Crippen LogP) is 4.61. The lowest BCUT2D eigenvalue weighted by molar-refractivity contribution is -0.115. The SMILES string of the molecule is O=C(/C=C/c1ccc(-c2ccccc2)o1)NC(=S)Nc1ccc(F)cc1. The second kappa shape index (κ2) is 8.22. The summed E-state index contributed by atoms with van der Waals surface area (Å²) in [5, 5.41) is 5.43. The molecule has 2 aromatic carbocycles. The monoisotopic (exact) mass is 366 g/mol. The summed E-state index contributed by atoms with van der Waals surface area (Å²) < 4.78 is 18.5. The first-order valence-corrected chi connectivity index (χ1v) is 8.22. The van der Waals surface area contributed by atoms with E-state index in [-0.39, 0.29) is 10.9 Å². The van der Waals surface area contributed by atoms with Crippen LogP contribution in [0, 0.1) is 5.82 Å². The molecule has 0 bridgehead atoms. The number of amides is 1. The maximum absolute atomic E-state index is 12.9. The Bertz CT molecular complexity index is 934. The van der Waals surface area contributed by atoms with Gasteiger partial charge in [0.15, 0.2) is 5.11 Å². The average Bonchev–Trinajstić information content (AvgIpc) is 3.12. The molecule has 3 rings (SSSR count). The van der Waals surface area contributed by atoms with E-state index in [1.54, 1.807) is 12.1 Å². The first kappa shape index (κ1) is 17.6. The Morgan fingerprint density at radius 1 is 1.00 bits per heavy atom. The van der Waals surface area contributed by atoms with E-state index in [0.29, 0.717) is 11.4 Å². The topological polar surface area (TPSA) is 54.3 Å². The molecule has 0 radical (unpaired) electrons. The minimum atomic E-state index is -0.401. The molecule has 0 saturated heterocycles. The number of benzene rings is 2. The maximum Gasteiger partial charge on any atom is 0.250 e. The van der Waals surface area contributed by atoms with Crippen LogP contribution >= 0.6 is 12.2 Å². The fourth-order valence-electron chi connectivity index (χ4n) is 2.21. The van der Waals surface area contributed by atoms with Crippen molar-refractivity contribution >= 4 is 35.0 Å². The molecule has 0 aliphatic carbocycles. The van der Waals surface area contributed by atoms with Crippen molar-refractivity contribution in [2.24, 2.45) is 0 Å². The van der Waals surface area contributed by atoms with Gasteiger partial charge in [0, 0.05) is 17.3 Å². The van der Waals surface area contributed by atoms with Crippen LogP contribution in [0.15, 0.2) is 77.2 Å². The minimum Gasteiger partial charge on any atom is -0.457 e. The molecule has 0 unspecified atom stereocenters. The predicted molar refractivity (Wildman–Crippen MR) is 104 cm³/mol. The van der Waals surface area contributed by atoms with E-state index in [4.69, 9.17) is 16.6 Å². The van der Waals surface area contributed by atoms with Gasteiger partial charge in [0.1, 0.15) is 17.3 Å². The van der Waals surface area contributed by atoms with Gasteiger partial charge < -0.3 is 9.73 Å². The molecule has 1 aromatic heterocycles. The zero-order valence-electron chi connectivity index (χ0n) is 13.6.